The third-order valence-corrected chi connectivity index (χ3v) is 6.21. The Morgan fingerprint density at radius 1 is 1.17 bits per heavy atom. The normalized spacial score (nSPS) is 15.5. The first-order chi connectivity index (χ1) is 14.0. The van der Waals surface area contributed by atoms with Gasteiger partial charge in [-0.2, -0.15) is 0 Å². The van der Waals surface area contributed by atoms with Gasteiger partial charge in [0.25, 0.3) is 5.56 Å². The van der Waals surface area contributed by atoms with Crippen molar-refractivity contribution in [1.82, 2.24) is 14.5 Å². The maximum atomic E-state index is 12.5. The number of rotatable bonds is 2. The van der Waals surface area contributed by atoms with Crippen molar-refractivity contribution in [3.63, 3.8) is 0 Å². The van der Waals surface area contributed by atoms with Gasteiger partial charge in [0.1, 0.15) is 11.0 Å². The molecule has 4 heterocycles. The van der Waals surface area contributed by atoms with E-state index in [2.05, 4.69) is 38.8 Å². The summed E-state index contributed by atoms with van der Waals surface area (Å²) in [6.45, 7) is 3.73. The molecule has 0 amide bonds. The standard InChI is InChI=1S/C22H21BrN4O2/c1-13-3-4-19-16(9-13)25-22(29-19)14-5-7-27(8-6-14)18-11-20(28)26(2)17-10-15(23)12-24-21(17)18/h3-4,9-12,14H,5-8H2,1-2H3. The fourth-order valence-corrected chi connectivity index (χ4v) is 4.44. The first kappa shape index (κ1) is 18.4. The molecule has 1 saturated heterocycles. The fraction of sp³-hybridized carbons (Fsp3) is 0.318. The van der Waals surface area contributed by atoms with E-state index in [-0.39, 0.29) is 5.56 Å². The van der Waals surface area contributed by atoms with E-state index in [4.69, 9.17) is 9.40 Å². The molecule has 1 fully saturated rings. The number of aromatic nitrogens is 3. The highest BCUT2D eigenvalue weighted by Crippen LogP contribution is 2.34. The highest BCUT2D eigenvalue weighted by atomic mass is 79.9. The third kappa shape index (κ3) is 3.23. The lowest BCUT2D eigenvalue weighted by Gasteiger charge is -2.32. The zero-order chi connectivity index (χ0) is 20.1. The van der Waals surface area contributed by atoms with Gasteiger partial charge in [-0.25, -0.2) is 4.98 Å². The molecule has 5 rings (SSSR count). The van der Waals surface area contributed by atoms with E-state index in [1.54, 1.807) is 23.9 Å². The number of piperidine rings is 1. The zero-order valence-electron chi connectivity index (χ0n) is 16.4. The number of anilines is 1. The number of benzene rings is 1. The molecule has 4 aromatic rings. The molecule has 0 spiro atoms. The summed E-state index contributed by atoms with van der Waals surface area (Å²) in [7, 11) is 1.78. The van der Waals surface area contributed by atoms with Gasteiger partial charge >= 0.3 is 0 Å². The molecule has 1 aliphatic rings. The van der Waals surface area contributed by atoms with Crippen molar-refractivity contribution < 1.29 is 4.42 Å². The smallest absolute Gasteiger partial charge is 0.252 e. The summed E-state index contributed by atoms with van der Waals surface area (Å²) in [5.74, 6) is 1.11. The SMILES string of the molecule is Cc1ccc2oc(C3CCN(c4cc(=O)n(C)c5cc(Br)cnc45)CC3)nc2c1. The highest BCUT2D eigenvalue weighted by Gasteiger charge is 2.26. The van der Waals surface area contributed by atoms with Gasteiger partial charge in [0, 0.05) is 42.8 Å². The van der Waals surface area contributed by atoms with Crippen LogP contribution in [0.25, 0.3) is 22.1 Å². The Morgan fingerprint density at radius 3 is 2.76 bits per heavy atom. The average molecular weight is 453 g/mol. The van der Waals surface area contributed by atoms with E-state index in [1.807, 2.05) is 18.2 Å². The van der Waals surface area contributed by atoms with Crippen LogP contribution in [-0.2, 0) is 7.05 Å². The molecule has 1 aromatic carbocycles. The van der Waals surface area contributed by atoms with Gasteiger partial charge in [0.15, 0.2) is 11.5 Å². The van der Waals surface area contributed by atoms with Crippen molar-refractivity contribution >= 4 is 43.8 Å². The Bertz CT molecular complexity index is 1290. The number of fused-ring (bicyclic) bond motifs is 2. The molecule has 3 aromatic heterocycles. The summed E-state index contributed by atoms with van der Waals surface area (Å²) < 4.78 is 8.53. The Labute approximate surface area is 176 Å². The van der Waals surface area contributed by atoms with Crippen molar-refractivity contribution in [3.05, 3.63) is 62.8 Å². The first-order valence-electron chi connectivity index (χ1n) is 9.77. The lowest BCUT2D eigenvalue weighted by atomic mass is 9.96. The van der Waals surface area contributed by atoms with Crippen molar-refractivity contribution in [1.29, 1.82) is 0 Å². The molecule has 0 atom stereocenters. The lowest BCUT2D eigenvalue weighted by Crippen LogP contribution is -2.34. The van der Waals surface area contributed by atoms with Crippen LogP contribution in [0.5, 0.6) is 0 Å². The van der Waals surface area contributed by atoms with E-state index >= 15 is 0 Å². The Kier molecular flexibility index (Phi) is 4.42. The number of nitrogens with zero attached hydrogens (tertiary/aromatic N) is 4. The molecule has 1 aliphatic heterocycles. The summed E-state index contributed by atoms with van der Waals surface area (Å²) >= 11 is 3.46. The van der Waals surface area contributed by atoms with Crippen LogP contribution in [0.2, 0.25) is 0 Å². The molecule has 6 nitrogen and oxygen atoms in total. The van der Waals surface area contributed by atoms with Crippen LogP contribution < -0.4 is 10.5 Å². The van der Waals surface area contributed by atoms with E-state index in [1.165, 1.54) is 5.56 Å². The van der Waals surface area contributed by atoms with Crippen LogP contribution >= 0.6 is 15.9 Å². The Hall–Kier alpha value is -2.67. The van der Waals surface area contributed by atoms with Gasteiger partial charge in [-0.1, -0.05) is 6.07 Å². The lowest BCUT2D eigenvalue weighted by molar-refractivity contribution is 0.407. The predicted molar refractivity (Wildman–Crippen MR) is 118 cm³/mol. The second kappa shape index (κ2) is 6.99. The number of hydrogen-bond acceptors (Lipinski definition) is 5. The molecule has 0 aliphatic carbocycles. The monoisotopic (exact) mass is 452 g/mol. The van der Waals surface area contributed by atoms with Gasteiger partial charge in [0.05, 0.1) is 11.2 Å². The molecule has 29 heavy (non-hydrogen) atoms. The topological polar surface area (TPSA) is 64.2 Å². The number of halogens is 1. The van der Waals surface area contributed by atoms with E-state index in [9.17, 15) is 4.79 Å². The average Bonchev–Trinajstić information content (AvgIpc) is 3.14. The largest absolute Gasteiger partial charge is 0.440 e. The van der Waals surface area contributed by atoms with Crippen LogP contribution in [0.1, 0.15) is 30.2 Å². The molecule has 0 bridgehead atoms. The highest BCUT2D eigenvalue weighted by molar-refractivity contribution is 9.10. The minimum atomic E-state index is -0.0242. The van der Waals surface area contributed by atoms with Crippen molar-refractivity contribution in [3.8, 4) is 0 Å². The van der Waals surface area contributed by atoms with Crippen molar-refractivity contribution in [2.24, 2.45) is 7.05 Å². The zero-order valence-corrected chi connectivity index (χ0v) is 17.9. The summed E-state index contributed by atoms with van der Waals surface area (Å²) in [6.07, 6.45) is 3.64. The minimum Gasteiger partial charge on any atom is -0.440 e. The maximum absolute atomic E-state index is 12.5. The predicted octanol–water partition coefficient (Wildman–Crippen LogP) is 4.53. The van der Waals surface area contributed by atoms with E-state index in [0.29, 0.717) is 5.92 Å². The van der Waals surface area contributed by atoms with E-state index < -0.39 is 0 Å². The minimum absolute atomic E-state index is 0.0242. The van der Waals surface area contributed by atoms with Crippen LogP contribution in [0.15, 0.2) is 50.2 Å². The van der Waals surface area contributed by atoms with Gasteiger partial charge in [-0.3, -0.25) is 9.78 Å². The molecule has 0 radical (unpaired) electrons. The number of aryl methyl sites for hydroxylation is 2. The molecular weight excluding hydrogens is 432 g/mol. The molecule has 0 saturated carbocycles. The molecule has 7 heteroatoms. The van der Waals surface area contributed by atoms with Crippen LogP contribution in [0, 0.1) is 6.92 Å². The van der Waals surface area contributed by atoms with Gasteiger partial charge < -0.3 is 13.9 Å². The van der Waals surface area contributed by atoms with Crippen molar-refractivity contribution in [2.75, 3.05) is 18.0 Å². The van der Waals surface area contributed by atoms with E-state index in [0.717, 1.165) is 64.1 Å². The number of pyridine rings is 2. The van der Waals surface area contributed by atoms with Gasteiger partial charge in [-0.05, 0) is 59.5 Å². The molecule has 0 N–H and O–H groups in total. The molecule has 148 valence electrons. The summed E-state index contributed by atoms with van der Waals surface area (Å²) in [6, 6.07) is 9.75. The van der Waals surface area contributed by atoms with Crippen LogP contribution in [-0.4, -0.2) is 27.6 Å². The Morgan fingerprint density at radius 2 is 1.97 bits per heavy atom. The van der Waals surface area contributed by atoms with Gasteiger partial charge in [0.2, 0.25) is 0 Å². The first-order valence-corrected chi connectivity index (χ1v) is 10.6. The van der Waals surface area contributed by atoms with Crippen LogP contribution in [0.3, 0.4) is 0 Å². The van der Waals surface area contributed by atoms with Gasteiger partial charge in [-0.15, -0.1) is 0 Å². The number of oxazole rings is 1. The summed E-state index contributed by atoms with van der Waals surface area (Å²) in [5.41, 5.74) is 5.52. The second-order valence-corrected chi connectivity index (χ2v) is 8.65. The van der Waals surface area contributed by atoms with Crippen molar-refractivity contribution in [2.45, 2.75) is 25.7 Å². The Balaban J connectivity index is 1.43. The quantitative estimate of drug-likeness (QED) is 0.446. The third-order valence-electron chi connectivity index (χ3n) is 5.77. The molecule has 0 unspecified atom stereocenters. The summed E-state index contributed by atoms with van der Waals surface area (Å²) in [4.78, 5) is 24.1. The maximum Gasteiger partial charge on any atom is 0.252 e. The molecular formula is C22H21BrN4O2. The number of hydrogen-bond donors (Lipinski definition) is 0. The summed E-state index contributed by atoms with van der Waals surface area (Å²) in [5, 5.41) is 0. The van der Waals surface area contributed by atoms with Crippen LogP contribution in [0.4, 0.5) is 5.69 Å². The fourth-order valence-electron chi connectivity index (χ4n) is 4.12. The second-order valence-electron chi connectivity index (χ2n) is 7.73.